The quantitative estimate of drug-likeness (QED) is 0.925. The number of ether oxygens (including phenoxy) is 1. The summed E-state index contributed by atoms with van der Waals surface area (Å²) in [4.78, 5) is 14.1. The molecule has 5 heteroatoms. The van der Waals surface area contributed by atoms with Crippen LogP contribution < -0.4 is 10.1 Å². The number of amides is 1. The van der Waals surface area contributed by atoms with Crippen LogP contribution in [0.5, 0.6) is 5.75 Å². The van der Waals surface area contributed by atoms with Crippen LogP contribution in [0, 0.1) is 5.92 Å². The second-order valence-corrected chi connectivity index (χ2v) is 6.02. The Kier molecular flexibility index (Phi) is 6.52. The number of halogens is 1. The van der Waals surface area contributed by atoms with Gasteiger partial charge in [-0.25, -0.2) is 0 Å². The van der Waals surface area contributed by atoms with Gasteiger partial charge in [-0.1, -0.05) is 18.2 Å². The van der Waals surface area contributed by atoms with E-state index in [-0.39, 0.29) is 24.9 Å². The Morgan fingerprint density at radius 2 is 1.91 bits per heavy atom. The molecule has 1 aromatic rings. The van der Waals surface area contributed by atoms with Crippen molar-refractivity contribution in [3.05, 3.63) is 30.3 Å². The van der Waals surface area contributed by atoms with Crippen molar-refractivity contribution >= 4 is 18.3 Å². The topological polar surface area (TPSA) is 41.6 Å². The molecule has 1 unspecified atom stereocenters. The van der Waals surface area contributed by atoms with Crippen LogP contribution in [0.1, 0.15) is 25.7 Å². The molecule has 122 valence electrons. The smallest absolute Gasteiger partial charge is 0.260 e. The zero-order valence-corrected chi connectivity index (χ0v) is 13.7. The minimum Gasteiger partial charge on any atom is -0.484 e. The van der Waals surface area contributed by atoms with E-state index in [4.69, 9.17) is 4.74 Å². The van der Waals surface area contributed by atoms with Crippen molar-refractivity contribution in [1.82, 2.24) is 10.2 Å². The number of nitrogens with zero attached hydrogens (tertiary/aromatic N) is 1. The van der Waals surface area contributed by atoms with Gasteiger partial charge in [-0.3, -0.25) is 4.79 Å². The molecule has 2 aliphatic rings. The van der Waals surface area contributed by atoms with E-state index in [9.17, 15) is 4.79 Å². The first-order valence-corrected chi connectivity index (χ1v) is 8.02. The Bertz CT molecular complexity index is 455. The molecule has 1 atom stereocenters. The molecule has 4 nitrogen and oxygen atoms in total. The van der Waals surface area contributed by atoms with Crippen LogP contribution in [0.15, 0.2) is 30.3 Å². The third-order valence-corrected chi connectivity index (χ3v) is 4.67. The average Bonchev–Trinajstić information content (AvgIpc) is 3.08. The monoisotopic (exact) mass is 324 g/mol. The Morgan fingerprint density at radius 3 is 2.55 bits per heavy atom. The number of hydrogen-bond acceptors (Lipinski definition) is 3. The van der Waals surface area contributed by atoms with Crippen molar-refractivity contribution in [3.63, 3.8) is 0 Å². The number of para-hydroxylation sites is 1. The van der Waals surface area contributed by atoms with Gasteiger partial charge in [-0.05, 0) is 50.3 Å². The van der Waals surface area contributed by atoms with Gasteiger partial charge < -0.3 is 15.0 Å². The highest BCUT2D eigenvalue weighted by Crippen LogP contribution is 2.25. The predicted octanol–water partition coefficient (Wildman–Crippen LogP) is 2.48. The SMILES string of the molecule is Cl.O=C(COc1ccccc1)N1CCC(C2CCCN2)CC1. The molecule has 1 amide bonds. The first-order valence-electron chi connectivity index (χ1n) is 8.02. The minimum absolute atomic E-state index is 0. The molecule has 0 spiro atoms. The number of nitrogens with one attached hydrogen (secondary N) is 1. The summed E-state index contributed by atoms with van der Waals surface area (Å²) < 4.78 is 5.54. The second-order valence-electron chi connectivity index (χ2n) is 6.02. The molecular formula is C17H25ClN2O2. The maximum absolute atomic E-state index is 12.2. The van der Waals surface area contributed by atoms with E-state index in [1.54, 1.807) is 0 Å². The first-order chi connectivity index (χ1) is 10.3. The highest BCUT2D eigenvalue weighted by molar-refractivity contribution is 5.85. The van der Waals surface area contributed by atoms with Crippen LogP contribution in [0.25, 0.3) is 0 Å². The number of benzene rings is 1. The summed E-state index contributed by atoms with van der Waals surface area (Å²) in [5, 5.41) is 3.59. The van der Waals surface area contributed by atoms with E-state index in [2.05, 4.69) is 5.32 Å². The summed E-state index contributed by atoms with van der Waals surface area (Å²) >= 11 is 0. The van der Waals surface area contributed by atoms with Gasteiger partial charge >= 0.3 is 0 Å². The standard InChI is InChI=1S/C17H24N2O2.ClH/c20-17(13-21-15-5-2-1-3-6-15)19-11-8-14(9-12-19)16-7-4-10-18-16;/h1-3,5-6,14,16,18H,4,7-13H2;1H. The van der Waals surface area contributed by atoms with Crippen molar-refractivity contribution in [2.24, 2.45) is 5.92 Å². The Morgan fingerprint density at radius 1 is 1.18 bits per heavy atom. The van der Waals surface area contributed by atoms with Gasteiger partial charge in [-0.2, -0.15) is 0 Å². The molecule has 1 N–H and O–H groups in total. The lowest BCUT2D eigenvalue weighted by molar-refractivity contribution is -0.134. The zero-order chi connectivity index (χ0) is 14.5. The van der Waals surface area contributed by atoms with Gasteiger partial charge in [0.05, 0.1) is 0 Å². The van der Waals surface area contributed by atoms with Crippen LogP contribution in [-0.2, 0) is 4.79 Å². The van der Waals surface area contributed by atoms with Crippen LogP contribution in [0.3, 0.4) is 0 Å². The van der Waals surface area contributed by atoms with Crippen molar-refractivity contribution in [1.29, 1.82) is 0 Å². The van der Waals surface area contributed by atoms with Gasteiger partial charge in [-0.15, -0.1) is 12.4 Å². The summed E-state index contributed by atoms with van der Waals surface area (Å²) in [6.07, 6.45) is 4.84. The lowest BCUT2D eigenvalue weighted by Gasteiger charge is -2.34. The average molecular weight is 325 g/mol. The zero-order valence-electron chi connectivity index (χ0n) is 12.9. The highest BCUT2D eigenvalue weighted by Gasteiger charge is 2.29. The number of carbonyl (C=O) groups excluding carboxylic acids is 1. The van der Waals surface area contributed by atoms with Crippen molar-refractivity contribution in [3.8, 4) is 5.75 Å². The van der Waals surface area contributed by atoms with Crippen molar-refractivity contribution in [2.45, 2.75) is 31.7 Å². The molecule has 0 aliphatic carbocycles. The maximum Gasteiger partial charge on any atom is 0.260 e. The van der Waals surface area contributed by atoms with E-state index < -0.39 is 0 Å². The molecule has 22 heavy (non-hydrogen) atoms. The molecule has 3 rings (SSSR count). The fourth-order valence-electron chi connectivity index (χ4n) is 3.42. The fourth-order valence-corrected chi connectivity index (χ4v) is 3.42. The van der Waals surface area contributed by atoms with E-state index in [0.717, 1.165) is 44.1 Å². The Labute approximate surface area is 138 Å². The van der Waals surface area contributed by atoms with Gasteiger partial charge in [0.1, 0.15) is 5.75 Å². The Hall–Kier alpha value is -1.26. The van der Waals surface area contributed by atoms with Crippen molar-refractivity contribution in [2.75, 3.05) is 26.2 Å². The minimum atomic E-state index is 0. The maximum atomic E-state index is 12.2. The normalized spacial score (nSPS) is 22.2. The highest BCUT2D eigenvalue weighted by atomic mass is 35.5. The summed E-state index contributed by atoms with van der Waals surface area (Å²) in [7, 11) is 0. The van der Waals surface area contributed by atoms with E-state index in [1.807, 2.05) is 35.2 Å². The number of piperidine rings is 1. The lowest BCUT2D eigenvalue weighted by Crippen LogP contribution is -2.44. The summed E-state index contributed by atoms with van der Waals surface area (Å²) in [6.45, 7) is 3.06. The third kappa shape index (κ3) is 4.37. The molecule has 0 radical (unpaired) electrons. The molecule has 2 aliphatic heterocycles. The molecule has 2 saturated heterocycles. The van der Waals surface area contributed by atoms with Gasteiger partial charge in [0.25, 0.3) is 5.91 Å². The van der Waals surface area contributed by atoms with E-state index in [1.165, 1.54) is 12.8 Å². The largest absolute Gasteiger partial charge is 0.484 e. The Balaban J connectivity index is 0.00000176. The second kappa shape index (κ2) is 8.39. The molecule has 2 fully saturated rings. The number of likely N-dealkylation sites (tertiary alicyclic amines) is 1. The third-order valence-electron chi connectivity index (χ3n) is 4.67. The molecule has 0 bridgehead atoms. The van der Waals surface area contributed by atoms with Gasteiger partial charge in [0, 0.05) is 19.1 Å². The molecule has 0 saturated carbocycles. The molecule has 1 aromatic carbocycles. The van der Waals surface area contributed by atoms with Crippen LogP contribution in [-0.4, -0.2) is 43.1 Å². The first kappa shape index (κ1) is 17.1. The van der Waals surface area contributed by atoms with Crippen LogP contribution in [0.4, 0.5) is 0 Å². The lowest BCUT2D eigenvalue weighted by atomic mass is 9.88. The van der Waals surface area contributed by atoms with Crippen LogP contribution >= 0.6 is 12.4 Å². The van der Waals surface area contributed by atoms with E-state index >= 15 is 0 Å². The van der Waals surface area contributed by atoms with E-state index in [0.29, 0.717) is 6.04 Å². The summed E-state index contributed by atoms with van der Waals surface area (Å²) in [5.41, 5.74) is 0. The number of rotatable bonds is 4. The molecule has 0 aromatic heterocycles. The fraction of sp³-hybridized carbons (Fsp3) is 0.588. The predicted molar refractivity (Wildman–Crippen MR) is 89.5 cm³/mol. The summed E-state index contributed by atoms with van der Waals surface area (Å²) in [5.74, 6) is 1.61. The van der Waals surface area contributed by atoms with Gasteiger partial charge in [0.15, 0.2) is 6.61 Å². The van der Waals surface area contributed by atoms with Crippen LogP contribution in [0.2, 0.25) is 0 Å². The summed E-state index contributed by atoms with van der Waals surface area (Å²) in [6, 6.07) is 10.2. The molecular weight excluding hydrogens is 300 g/mol. The number of hydrogen-bond donors (Lipinski definition) is 1. The van der Waals surface area contributed by atoms with Crippen molar-refractivity contribution < 1.29 is 9.53 Å². The van der Waals surface area contributed by atoms with Gasteiger partial charge in [0.2, 0.25) is 0 Å². The number of carbonyl (C=O) groups is 1. The molecule has 2 heterocycles.